The van der Waals surface area contributed by atoms with Crippen molar-refractivity contribution in [2.24, 2.45) is 0 Å². The van der Waals surface area contributed by atoms with Crippen LogP contribution in [0, 0.1) is 0 Å². The summed E-state index contributed by atoms with van der Waals surface area (Å²) in [5.74, 6) is -1.79. The number of hydrogen-bond acceptors (Lipinski definition) is 8. The van der Waals surface area contributed by atoms with Crippen LogP contribution in [0.3, 0.4) is 0 Å². The first-order valence-electron chi connectivity index (χ1n) is 12.1. The number of carbonyl (C=O) groups excluding carboxylic acids is 3. The van der Waals surface area contributed by atoms with E-state index in [0.717, 1.165) is 4.88 Å². The molecule has 37 heavy (non-hydrogen) atoms. The molecule has 1 aromatic rings. The number of halogens is 1. The molecule has 0 aromatic carbocycles. The van der Waals surface area contributed by atoms with Crippen LogP contribution >= 0.6 is 22.9 Å². The van der Waals surface area contributed by atoms with Gasteiger partial charge in [0.15, 0.2) is 0 Å². The molecule has 3 aliphatic heterocycles. The van der Waals surface area contributed by atoms with Crippen molar-refractivity contribution in [1.29, 1.82) is 0 Å². The quantitative estimate of drug-likeness (QED) is 0.458. The normalized spacial score (nSPS) is 20.5. The number of nitrogens with one attached hydrogen (secondary N) is 1. The highest BCUT2D eigenvalue weighted by Crippen LogP contribution is 2.29. The number of sulfonamides is 1. The molecule has 4 heterocycles. The predicted octanol–water partition coefficient (Wildman–Crippen LogP) is 0.627. The molecule has 3 amide bonds. The summed E-state index contributed by atoms with van der Waals surface area (Å²) < 4.78 is 39.3. The molecule has 1 N–H and O–H groups in total. The third-order valence-corrected chi connectivity index (χ3v) is 9.45. The highest BCUT2D eigenvalue weighted by atomic mass is 35.5. The standard InChI is InChI=1S/C23H31ClN4O7S2/c1-16(19-2-3-20(24)36-19)15-37(32,33)25-17-4-5-28(22(17)30)18(23(31)27-8-12-35-13-9-27)14-21(29)26-6-10-34-11-7-26/h2-4,16,18,25H,5-15H2,1H3/t16?,18-/m0/s1. The van der Waals surface area contributed by atoms with Gasteiger partial charge in [-0.1, -0.05) is 18.5 Å². The highest BCUT2D eigenvalue weighted by Gasteiger charge is 2.40. The second-order valence-electron chi connectivity index (χ2n) is 9.15. The molecule has 4 rings (SSSR count). The first-order valence-corrected chi connectivity index (χ1v) is 15.0. The van der Waals surface area contributed by atoms with E-state index in [1.54, 1.807) is 28.9 Å². The van der Waals surface area contributed by atoms with Gasteiger partial charge in [-0.05, 0) is 18.2 Å². The van der Waals surface area contributed by atoms with Gasteiger partial charge in [-0.2, -0.15) is 0 Å². The third kappa shape index (κ3) is 7.02. The van der Waals surface area contributed by atoms with Crippen LogP contribution in [0.15, 0.2) is 23.9 Å². The maximum absolute atomic E-state index is 13.5. The van der Waals surface area contributed by atoms with Crippen molar-refractivity contribution in [3.05, 3.63) is 33.1 Å². The van der Waals surface area contributed by atoms with Gasteiger partial charge in [-0.3, -0.25) is 19.1 Å². The van der Waals surface area contributed by atoms with Crippen LogP contribution < -0.4 is 4.72 Å². The van der Waals surface area contributed by atoms with E-state index in [9.17, 15) is 22.8 Å². The van der Waals surface area contributed by atoms with Gasteiger partial charge in [-0.15, -0.1) is 11.3 Å². The van der Waals surface area contributed by atoms with Crippen molar-refractivity contribution in [2.45, 2.75) is 25.3 Å². The van der Waals surface area contributed by atoms with Gasteiger partial charge < -0.3 is 24.2 Å². The fourth-order valence-corrected chi connectivity index (χ4v) is 7.16. The van der Waals surface area contributed by atoms with Crippen molar-refractivity contribution in [3.63, 3.8) is 0 Å². The Labute approximate surface area is 225 Å². The van der Waals surface area contributed by atoms with Gasteiger partial charge in [0.05, 0.1) is 42.9 Å². The molecule has 2 saturated heterocycles. The van der Waals surface area contributed by atoms with E-state index in [2.05, 4.69) is 4.72 Å². The Morgan fingerprint density at radius 1 is 1.08 bits per heavy atom. The SMILES string of the molecule is CC(CS(=O)(=O)NC1=CCN([C@@H](CC(=O)N2CCOCC2)C(=O)N2CCOCC2)C1=O)c1ccc(Cl)s1. The molecule has 2 atom stereocenters. The smallest absolute Gasteiger partial charge is 0.271 e. The molecule has 1 aromatic heterocycles. The van der Waals surface area contributed by atoms with Crippen LogP contribution in [0.1, 0.15) is 24.1 Å². The number of carbonyl (C=O) groups is 3. The minimum absolute atomic E-state index is 0.0178. The van der Waals surface area contributed by atoms with Gasteiger partial charge in [0.2, 0.25) is 21.8 Å². The maximum atomic E-state index is 13.5. The zero-order valence-electron chi connectivity index (χ0n) is 20.6. The lowest BCUT2D eigenvalue weighted by Gasteiger charge is -2.35. The van der Waals surface area contributed by atoms with Crippen LogP contribution in [0.4, 0.5) is 0 Å². The van der Waals surface area contributed by atoms with Gasteiger partial charge in [0, 0.05) is 43.5 Å². The van der Waals surface area contributed by atoms with Crippen LogP contribution in [-0.2, 0) is 33.9 Å². The summed E-state index contributed by atoms with van der Waals surface area (Å²) in [5.41, 5.74) is -0.116. The fourth-order valence-electron chi connectivity index (χ4n) is 4.51. The summed E-state index contributed by atoms with van der Waals surface area (Å²) in [7, 11) is -3.87. The molecule has 11 nitrogen and oxygen atoms in total. The Balaban J connectivity index is 1.45. The molecular weight excluding hydrogens is 544 g/mol. The summed E-state index contributed by atoms with van der Waals surface area (Å²) in [4.78, 5) is 45.1. The van der Waals surface area contributed by atoms with Gasteiger partial charge in [0.1, 0.15) is 11.7 Å². The molecule has 3 aliphatic rings. The maximum Gasteiger partial charge on any atom is 0.271 e. The first-order chi connectivity index (χ1) is 17.6. The molecule has 2 fully saturated rings. The van der Waals surface area contributed by atoms with E-state index in [1.807, 2.05) is 0 Å². The molecule has 1 unspecified atom stereocenters. The Morgan fingerprint density at radius 2 is 1.70 bits per heavy atom. The minimum atomic E-state index is -3.87. The lowest BCUT2D eigenvalue weighted by Crippen LogP contribution is -2.55. The second kappa shape index (κ2) is 12.1. The van der Waals surface area contributed by atoms with Crippen LogP contribution in [0.25, 0.3) is 0 Å². The summed E-state index contributed by atoms with van der Waals surface area (Å²) in [5, 5.41) is 0. The van der Waals surface area contributed by atoms with Gasteiger partial charge in [-0.25, -0.2) is 8.42 Å². The lowest BCUT2D eigenvalue weighted by molar-refractivity contribution is -0.150. The van der Waals surface area contributed by atoms with Gasteiger partial charge in [0.25, 0.3) is 5.91 Å². The zero-order valence-corrected chi connectivity index (χ0v) is 22.9. The highest BCUT2D eigenvalue weighted by molar-refractivity contribution is 7.89. The summed E-state index contributed by atoms with van der Waals surface area (Å²) in [6.07, 6.45) is 1.26. The van der Waals surface area contributed by atoms with E-state index in [4.69, 9.17) is 21.1 Å². The number of rotatable bonds is 9. The van der Waals surface area contributed by atoms with E-state index in [-0.39, 0.29) is 42.1 Å². The zero-order chi connectivity index (χ0) is 26.6. The third-order valence-electron chi connectivity index (χ3n) is 6.51. The number of nitrogens with zero attached hydrogens (tertiary/aromatic N) is 3. The topological polar surface area (TPSA) is 126 Å². The largest absolute Gasteiger partial charge is 0.378 e. The summed E-state index contributed by atoms with van der Waals surface area (Å²) in [6.45, 7) is 4.93. The number of hydrogen-bond donors (Lipinski definition) is 1. The molecule has 204 valence electrons. The number of morpholine rings is 2. The summed E-state index contributed by atoms with van der Waals surface area (Å²) >= 11 is 7.27. The van der Waals surface area contributed by atoms with Crippen molar-refractivity contribution < 1.29 is 32.3 Å². The molecule has 14 heteroatoms. The van der Waals surface area contributed by atoms with Crippen molar-refractivity contribution in [1.82, 2.24) is 19.4 Å². The molecule has 0 radical (unpaired) electrons. The average molecular weight is 575 g/mol. The fraction of sp³-hybridized carbons (Fsp3) is 0.609. The van der Waals surface area contributed by atoms with E-state index < -0.39 is 22.0 Å². The van der Waals surface area contributed by atoms with Gasteiger partial charge >= 0.3 is 0 Å². The molecule has 0 aliphatic carbocycles. The molecule has 0 bridgehead atoms. The molecule has 0 saturated carbocycles. The van der Waals surface area contributed by atoms with Crippen LogP contribution in [0.5, 0.6) is 0 Å². The molecule has 0 spiro atoms. The first kappa shape index (κ1) is 27.8. The Bertz CT molecular complexity index is 1140. The number of thiophene rings is 1. The number of ether oxygens (including phenoxy) is 2. The lowest BCUT2D eigenvalue weighted by atomic mass is 10.1. The van der Waals surface area contributed by atoms with Crippen molar-refractivity contribution in [3.8, 4) is 0 Å². The Hall–Kier alpha value is -2.19. The Kier molecular flexibility index (Phi) is 9.11. The summed E-state index contributed by atoms with van der Waals surface area (Å²) in [6, 6.07) is 2.44. The predicted molar refractivity (Wildman–Crippen MR) is 138 cm³/mol. The molecular formula is C23H31ClN4O7S2. The number of amides is 3. The van der Waals surface area contributed by atoms with Crippen LogP contribution in [-0.4, -0.2) is 112 Å². The Morgan fingerprint density at radius 3 is 2.30 bits per heavy atom. The minimum Gasteiger partial charge on any atom is -0.378 e. The average Bonchev–Trinajstić information content (AvgIpc) is 3.48. The van der Waals surface area contributed by atoms with E-state index in [1.165, 1.54) is 22.3 Å². The van der Waals surface area contributed by atoms with E-state index >= 15 is 0 Å². The monoisotopic (exact) mass is 574 g/mol. The van der Waals surface area contributed by atoms with Crippen molar-refractivity contribution in [2.75, 3.05) is 64.9 Å². The van der Waals surface area contributed by atoms with Crippen LogP contribution in [0.2, 0.25) is 4.34 Å². The van der Waals surface area contributed by atoms with E-state index in [0.29, 0.717) is 56.9 Å². The van der Waals surface area contributed by atoms with Crippen molar-refractivity contribution >= 4 is 50.7 Å². The second-order valence-corrected chi connectivity index (χ2v) is 12.7.